The summed E-state index contributed by atoms with van der Waals surface area (Å²) in [6, 6.07) is 1.59. The van der Waals surface area contributed by atoms with Gasteiger partial charge >= 0.3 is 0 Å². The number of thiophene rings is 1. The second-order valence-electron chi connectivity index (χ2n) is 2.44. The molecule has 0 saturated heterocycles. The molecule has 68 valence electrons. The van der Waals surface area contributed by atoms with E-state index in [0.717, 1.165) is 10.6 Å². The van der Waals surface area contributed by atoms with Gasteiger partial charge in [0.1, 0.15) is 0 Å². The van der Waals surface area contributed by atoms with Gasteiger partial charge < -0.3 is 5.73 Å². The molecule has 0 aromatic carbocycles. The smallest absolute Gasteiger partial charge is 0.0976 e. The highest BCUT2D eigenvalue weighted by Gasteiger charge is 2.15. The Balaban J connectivity index is 2.33. The molecule has 2 heterocycles. The summed E-state index contributed by atoms with van der Waals surface area (Å²) in [7, 11) is 0. The molecule has 3 nitrogen and oxygen atoms in total. The molecule has 0 fully saturated rings. The van der Waals surface area contributed by atoms with Crippen molar-refractivity contribution in [3.05, 3.63) is 32.4 Å². The van der Waals surface area contributed by atoms with Gasteiger partial charge in [0.25, 0.3) is 0 Å². The van der Waals surface area contributed by atoms with Gasteiger partial charge in [-0.25, -0.2) is 0 Å². The van der Waals surface area contributed by atoms with Gasteiger partial charge in [0.05, 0.1) is 16.8 Å². The van der Waals surface area contributed by atoms with E-state index in [1.807, 2.05) is 16.8 Å². The summed E-state index contributed by atoms with van der Waals surface area (Å²) in [5, 5.41) is 8.35. The molecule has 2 rings (SSSR count). The van der Waals surface area contributed by atoms with Gasteiger partial charge in [-0.2, -0.15) is 0 Å². The molecule has 2 aromatic heterocycles. The molecule has 2 aromatic rings. The molecular formula is C7H6ClN3S2. The molecule has 13 heavy (non-hydrogen) atoms. The fraction of sp³-hybridized carbons (Fsp3) is 0.143. The minimum absolute atomic E-state index is 0.244. The summed E-state index contributed by atoms with van der Waals surface area (Å²) in [5.41, 5.74) is 6.71. The molecule has 0 aliphatic heterocycles. The highest BCUT2D eigenvalue weighted by Crippen LogP contribution is 2.30. The van der Waals surface area contributed by atoms with Crippen LogP contribution in [0, 0.1) is 0 Å². The highest BCUT2D eigenvalue weighted by molar-refractivity contribution is 7.10. The molecule has 0 bridgehead atoms. The first-order chi connectivity index (χ1) is 6.29. The first kappa shape index (κ1) is 9.08. The van der Waals surface area contributed by atoms with Crippen LogP contribution in [0.1, 0.15) is 16.6 Å². The zero-order valence-electron chi connectivity index (χ0n) is 6.48. The van der Waals surface area contributed by atoms with Crippen molar-refractivity contribution in [1.82, 2.24) is 9.59 Å². The zero-order valence-corrected chi connectivity index (χ0v) is 8.86. The molecule has 1 atom stereocenters. The van der Waals surface area contributed by atoms with Gasteiger partial charge in [-0.1, -0.05) is 16.1 Å². The van der Waals surface area contributed by atoms with E-state index in [0.29, 0.717) is 5.02 Å². The van der Waals surface area contributed by atoms with Gasteiger partial charge in [-0.15, -0.1) is 16.4 Å². The SMILES string of the molecule is NC(c1csnn1)c1sccc1Cl. The van der Waals surface area contributed by atoms with Gasteiger partial charge in [-0.05, 0) is 23.0 Å². The molecular weight excluding hydrogens is 226 g/mol. The number of aromatic nitrogens is 2. The van der Waals surface area contributed by atoms with Crippen LogP contribution in [0.2, 0.25) is 5.02 Å². The Morgan fingerprint density at radius 1 is 1.54 bits per heavy atom. The van der Waals surface area contributed by atoms with Crippen molar-refractivity contribution in [3.8, 4) is 0 Å². The monoisotopic (exact) mass is 231 g/mol. The number of halogens is 1. The molecule has 0 aliphatic carbocycles. The van der Waals surface area contributed by atoms with Crippen LogP contribution in [0.4, 0.5) is 0 Å². The number of nitrogens with two attached hydrogens (primary N) is 1. The van der Waals surface area contributed by atoms with Crippen molar-refractivity contribution in [1.29, 1.82) is 0 Å². The lowest BCUT2D eigenvalue weighted by Crippen LogP contribution is -2.10. The van der Waals surface area contributed by atoms with E-state index in [-0.39, 0.29) is 6.04 Å². The van der Waals surface area contributed by atoms with E-state index in [9.17, 15) is 0 Å². The summed E-state index contributed by atoms with van der Waals surface area (Å²) in [6.45, 7) is 0. The molecule has 0 radical (unpaired) electrons. The Hall–Kier alpha value is -0.490. The second-order valence-corrected chi connectivity index (χ2v) is 4.40. The summed E-state index contributed by atoms with van der Waals surface area (Å²) >= 11 is 8.76. The average Bonchev–Trinajstić information content (AvgIpc) is 2.72. The Morgan fingerprint density at radius 2 is 2.38 bits per heavy atom. The fourth-order valence-corrected chi connectivity index (χ4v) is 2.65. The summed E-state index contributed by atoms with van der Waals surface area (Å²) in [5.74, 6) is 0. The highest BCUT2D eigenvalue weighted by atomic mass is 35.5. The maximum Gasteiger partial charge on any atom is 0.0976 e. The minimum Gasteiger partial charge on any atom is -0.318 e. The van der Waals surface area contributed by atoms with E-state index < -0.39 is 0 Å². The molecule has 2 N–H and O–H groups in total. The molecule has 0 spiro atoms. The maximum atomic E-state index is 5.94. The fourth-order valence-electron chi connectivity index (χ4n) is 0.969. The van der Waals surface area contributed by atoms with E-state index in [1.54, 1.807) is 0 Å². The lowest BCUT2D eigenvalue weighted by Gasteiger charge is -2.05. The summed E-state index contributed by atoms with van der Waals surface area (Å²) in [6.07, 6.45) is 0. The predicted molar refractivity (Wildman–Crippen MR) is 55.3 cm³/mol. The summed E-state index contributed by atoms with van der Waals surface area (Å²) in [4.78, 5) is 0.939. The van der Waals surface area contributed by atoms with Gasteiger partial charge in [-0.3, -0.25) is 0 Å². The molecule has 1 unspecified atom stereocenters. The van der Waals surface area contributed by atoms with Gasteiger partial charge in [0.15, 0.2) is 0 Å². The molecule has 0 aliphatic rings. The maximum absolute atomic E-state index is 5.94. The van der Waals surface area contributed by atoms with Crippen molar-refractivity contribution in [2.75, 3.05) is 0 Å². The average molecular weight is 232 g/mol. The van der Waals surface area contributed by atoms with E-state index >= 15 is 0 Å². The van der Waals surface area contributed by atoms with Crippen LogP contribution in [0.5, 0.6) is 0 Å². The molecule has 6 heteroatoms. The number of nitrogens with zero attached hydrogens (tertiary/aromatic N) is 2. The molecule has 0 amide bonds. The van der Waals surface area contributed by atoms with Gasteiger partial charge in [0.2, 0.25) is 0 Å². The molecule has 0 saturated carbocycles. The van der Waals surface area contributed by atoms with Crippen molar-refractivity contribution < 1.29 is 0 Å². The summed E-state index contributed by atoms with van der Waals surface area (Å²) < 4.78 is 3.76. The van der Waals surface area contributed by atoms with Crippen LogP contribution in [-0.2, 0) is 0 Å². The number of rotatable bonds is 2. The van der Waals surface area contributed by atoms with E-state index in [2.05, 4.69) is 9.59 Å². The Morgan fingerprint density at radius 3 is 2.92 bits per heavy atom. The van der Waals surface area contributed by atoms with E-state index in [1.165, 1.54) is 22.9 Å². The van der Waals surface area contributed by atoms with Gasteiger partial charge in [0, 0.05) is 10.3 Å². The zero-order chi connectivity index (χ0) is 9.26. The van der Waals surface area contributed by atoms with Crippen molar-refractivity contribution >= 4 is 34.5 Å². The van der Waals surface area contributed by atoms with Crippen LogP contribution in [0.3, 0.4) is 0 Å². The van der Waals surface area contributed by atoms with Crippen LogP contribution in [-0.4, -0.2) is 9.59 Å². The van der Waals surface area contributed by atoms with Crippen molar-refractivity contribution in [2.45, 2.75) is 6.04 Å². The first-order valence-corrected chi connectivity index (χ1v) is 5.64. The largest absolute Gasteiger partial charge is 0.318 e. The van der Waals surface area contributed by atoms with Crippen LogP contribution in [0.25, 0.3) is 0 Å². The normalized spacial score (nSPS) is 13.1. The second kappa shape index (κ2) is 3.71. The lowest BCUT2D eigenvalue weighted by molar-refractivity contribution is 0.835. The van der Waals surface area contributed by atoms with Crippen molar-refractivity contribution in [3.63, 3.8) is 0 Å². The Kier molecular flexibility index (Phi) is 2.59. The third kappa shape index (κ3) is 1.73. The standard InChI is InChI=1S/C7H6ClN3S2/c8-4-1-2-12-7(4)6(9)5-3-13-11-10-5/h1-3,6H,9H2. The lowest BCUT2D eigenvalue weighted by atomic mass is 10.2. The number of hydrogen-bond donors (Lipinski definition) is 1. The van der Waals surface area contributed by atoms with Crippen LogP contribution >= 0.6 is 34.5 Å². The minimum atomic E-state index is -0.244. The first-order valence-electron chi connectivity index (χ1n) is 3.54. The Labute approximate surface area is 88.3 Å². The third-order valence-corrected chi connectivity index (χ3v) is 3.59. The third-order valence-electron chi connectivity index (χ3n) is 1.62. The van der Waals surface area contributed by atoms with Crippen LogP contribution in [0.15, 0.2) is 16.8 Å². The topological polar surface area (TPSA) is 51.8 Å². The predicted octanol–water partition coefficient (Wildman–Crippen LogP) is 2.30. The number of hydrogen-bond acceptors (Lipinski definition) is 5. The quantitative estimate of drug-likeness (QED) is 0.863. The Bertz CT molecular complexity index is 384. The van der Waals surface area contributed by atoms with Crippen LogP contribution < -0.4 is 5.73 Å². The van der Waals surface area contributed by atoms with E-state index in [4.69, 9.17) is 17.3 Å². The van der Waals surface area contributed by atoms with Crippen molar-refractivity contribution in [2.24, 2.45) is 5.73 Å².